The van der Waals surface area contributed by atoms with Gasteiger partial charge in [0.25, 0.3) is 5.56 Å². The first-order valence-electron chi connectivity index (χ1n) is 10.7. The fourth-order valence-corrected chi connectivity index (χ4v) is 5.36. The second-order valence-electron chi connectivity index (χ2n) is 8.55. The number of nitrogens with one attached hydrogen (secondary N) is 1. The van der Waals surface area contributed by atoms with Crippen molar-refractivity contribution in [2.75, 3.05) is 17.7 Å². The molecule has 1 aliphatic carbocycles. The Morgan fingerprint density at radius 1 is 1.13 bits per heavy atom. The number of hydrogen-bond acceptors (Lipinski definition) is 5. The van der Waals surface area contributed by atoms with Crippen LogP contribution in [0, 0.1) is 5.92 Å². The molecule has 1 N–H and O–H groups in total. The van der Waals surface area contributed by atoms with Gasteiger partial charge in [0.1, 0.15) is 11.1 Å². The maximum atomic E-state index is 12.6. The first-order valence-corrected chi connectivity index (χ1v) is 12.5. The van der Waals surface area contributed by atoms with Gasteiger partial charge in [-0.05, 0) is 47.9 Å². The van der Waals surface area contributed by atoms with Crippen LogP contribution in [0.15, 0.2) is 47.4 Å². The Balaban J connectivity index is 1.67. The summed E-state index contributed by atoms with van der Waals surface area (Å²) in [5.41, 5.74) is 3.48. The van der Waals surface area contributed by atoms with Crippen LogP contribution < -0.4 is 15.6 Å². The normalized spacial score (nSPS) is 18.1. The zero-order valence-electron chi connectivity index (χ0n) is 17.7. The molecule has 0 spiro atoms. The maximum Gasteiger partial charge on any atom is 0.258 e. The highest BCUT2D eigenvalue weighted by Gasteiger charge is 2.32. The number of aryl methyl sites for hydroxylation is 1. The predicted octanol–water partition coefficient (Wildman–Crippen LogP) is 3.72. The van der Waals surface area contributed by atoms with Crippen molar-refractivity contribution in [3.63, 3.8) is 0 Å². The molecule has 0 radical (unpaired) electrons. The number of sulfone groups is 1. The van der Waals surface area contributed by atoms with Gasteiger partial charge in [-0.25, -0.2) is 8.42 Å². The molecule has 1 unspecified atom stereocenters. The molecule has 1 fully saturated rings. The minimum Gasteiger partial charge on any atom is -0.493 e. The van der Waals surface area contributed by atoms with Crippen LogP contribution in [0.25, 0.3) is 21.9 Å². The highest BCUT2D eigenvalue weighted by molar-refractivity contribution is 7.92. The number of anilines is 1. The molecule has 0 bridgehead atoms. The fourth-order valence-electron chi connectivity index (χ4n) is 4.22. The summed E-state index contributed by atoms with van der Waals surface area (Å²) in [6, 6.07) is 11.5. The molecule has 2 aromatic carbocycles. The number of aromatic nitrogens is 1. The molecule has 6 nitrogen and oxygen atoms in total. The summed E-state index contributed by atoms with van der Waals surface area (Å²) >= 11 is 0. The lowest BCUT2D eigenvalue weighted by molar-refractivity contribution is 0.301. The summed E-state index contributed by atoms with van der Waals surface area (Å²) in [5.74, 6) is 1.43. The van der Waals surface area contributed by atoms with Gasteiger partial charge in [-0.1, -0.05) is 25.1 Å². The molecule has 1 saturated carbocycles. The lowest BCUT2D eigenvalue weighted by Gasteiger charge is -2.16. The van der Waals surface area contributed by atoms with Gasteiger partial charge in [0.15, 0.2) is 9.84 Å². The molecule has 3 aromatic rings. The summed E-state index contributed by atoms with van der Waals surface area (Å²) in [4.78, 5) is 12.6. The third-order valence-electron chi connectivity index (χ3n) is 6.32. The summed E-state index contributed by atoms with van der Waals surface area (Å²) in [6.07, 6.45) is 4.63. The van der Waals surface area contributed by atoms with Crippen molar-refractivity contribution in [2.24, 2.45) is 13.0 Å². The van der Waals surface area contributed by atoms with Crippen molar-refractivity contribution in [3.8, 4) is 16.9 Å². The highest BCUT2D eigenvalue weighted by Crippen LogP contribution is 2.42. The van der Waals surface area contributed by atoms with Crippen LogP contribution in [0.5, 0.6) is 5.75 Å². The lowest BCUT2D eigenvalue weighted by Crippen LogP contribution is -2.28. The van der Waals surface area contributed by atoms with Crippen molar-refractivity contribution in [1.29, 1.82) is 0 Å². The van der Waals surface area contributed by atoms with Crippen molar-refractivity contribution in [1.82, 2.24) is 4.57 Å². The molecule has 1 aromatic heterocycles. The van der Waals surface area contributed by atoms with Gasteiger partial charge in [0.05, 0.1) is 6.61 Å². The SMILES string of the molecule is CCS(=O)(=O)C1Cc2cc(OCC3CC3)c(-c3cn(C)c(=O)c4ccccc34)cc2N1. The number of pyridine rings is 1. The molecule has 2 heterocycles. The van der Waals surface area contributed by atoms with Crippen molar-refractivity contribution >= 4 is 26.3 Å². The summed E-state index contributed by atoms with van der Waals surface area (Å²) in [6.45, 7) is 2.33. The van der Waals surface area contributed by atoms with Gasteiger partial charge >= 0.3 is 0 Å². The van der Waals surface area contributed by atoms with Crippen LogP contribution in [0.2, 0.25) is 0 Å². The Bertz CT molecular complexity index is 1340. The molecule has 1 atom stereocenters. The number of ether oxygens (including phenoxy) is 1. The van der Waals surface area contributed by atoms with Gasteiger partial charge in [0, 0.05) is 47.6 Å². The van der Waals surface area contributed by atoms with E-state index in [1.807, 2.05) is 42.6 Å². The molecule has 2 aliphatic rings. The monoisotopic (exact) mass is 438 g/mol. The Kier molecular flexibility index (Phi) is 4.81. The Morgan fingerprint density at radius 2 is 1.87 bits per heavy atom. The quantitative estimate of drug-likeness (QED) is 0.635. The third-order valence-corrected chi connectivity index (χ3v) is 8.27. The van der Waals surface area contributed by atoms with Gasteiger partial charge in [-0.3, -0.25) is 4.79 Å². The van der Waals surface area contributed by atoms with Crippen molar-refractivity contribution in [2.45, 2.75) is 31.6 Å². The van der Waals surface area contributed by atoms with Crippen LogP contribution in [-0.4, -0.2) is 30.7 Å². The third kappa shape index (κ3) is 3.61. The number of benzene rings is 2. The minimum absolute atomic E-state index is 0.0480. The van der Waals surface area contributed by atoms with E-state index in [1.165, 1.54) is 12.8 Å². The second-order valence-corrected chi connectivity index (χ2v) is 11.0. The van der Waals surface area contributed by atoms with Crippen LogP contribution in [0.3, 0.4) is 0 Å². The van der Waals surface area contributed by atoms with E-state index in [2.05, 4.69) is 5.32 Å². The molecule has 0 amide bonds. The van der Waals surface area contributed by atoms with Crippen LogP contribution >= 0.6 is 0 Å². The minimum atomic E-state index is -3.22. The van der Waals surface area contributed by atoms with Gasteiger partial charge in [-0.2, -0.15) is 0 Å². The smallest absolute Gasteiger partial charge is 0.258 e. The van der Waals surface area contributed by atoms with E-state index < -0.39 is 15.2 Å². The first-order chi connectivity index (χ1) is 14.9. The molecule has 5 rings (SSSR count). The summed E-state index contributed by atoms with van der Waals surface area (Å²) < 4.78 is 32.7. The summed E-state index contributed by atoms with van der Waals surface area (Å²) in [7, 11) is -1.47. The van der Waals surface area contributed by atoms with Crippen molar-refractivity contribution in [3.05, 3.63) is 58.5 Å². The number of hydrogen-bond donors (Lipinski definition) is 1. The van der Waals surface area contributed by atoms with Gasteiger partial charge in [0.2, 0.25) is 0 Å². The Hall–Kier alpha value is -2.80. The molecule has 1 aliphatic heterocycles. The fraction of sp³-hybridized carbons (Fsp3) is 0.375. The van der Waals surface area contributed by atoms with E-state index in [4.69, 9.17) is 4.74 Å². The summed E-state index contributed by atoms with van der Waals surface area (Å²) in [5, 5.41) is 4.09. The van der Waals surface area contributed by atoms with Crippen LogP contribution in [0.1, 0.15) is 25.3 Å². The zero-order chi connectivity index (χ0) is 21.8. The zero-order valence-corrected chi connectivity index (χ0v) is 18.5. The van der Waals surface area contributed by atoms with E-state index in [9.17, 15) is 13.2 Å². The van der Waals surface area contributed by atoms with E-state index in [-0.39, 0.29) is 11.3 Å². The molecule has 31 heavy (non-hydrogen) atoms. The predicted molar refractivity (Wildman–Crippen MR) is 123 cm³/mol. The first kappa shape index (κ1) is 20.1. The molecular formula is C24H26N2O4S. The molecule has 7 heteroatoms. The van der Waals surface area contributed by atoms with E-state index >= 15 is 0 Å². The second kappa shape index (κ2) is 7.41. The van der Waals surface area contributed by atoms with Crippen LogP contribution in [-0.2, 0) is 23.3 Å². The molecule has 0 saturated heterocycles. The number of nitrogens with zero attached hydrogens (tertiary/aromatic N) is 1. The lowest BCUT2D eigenvalue weighted by atomic mass is 9.97. The average molecular weight is 439 g/mol. The average Bonchev–Trinajstić information content (AvgIpc) is 3.51. The number of rotatable bonds is 6. The van der Waals surface area contributed by atoms with E-state index in [0.29, 0.717) is 24.3 Å². The van der Waals surface area contributed by atoms with Gasteiger partial charge in [-0.15, -0.1) is 0 Å². The highest BCUT2D eigenvalue weighted by atomic mass is 32.2. The van der Waals surface area contributed by atoms with Crippen LogP contribution in [0.4, 0.5) is 5.69 Å². The Morgan fingerprint density at radius 3 is 2.58 bits per heavy atom. The van der Waals surface area contributed by atoms with E-state index in [0.717, 1.165) is 33.5 Å². The Labute approximate surface area is 181 Å². The topological polar surface area (TPSA) is 77.4 Å². The van der Waals surface area contributed by atoms with Gasteiger partial charge < -0.3 is 14.6 Å². The largest absolute Gasteiger partial charge is 0.493 e. The number of fused-ring (bicyclic) bond motifs is 2. The molecule has 162 valence electrons. The molecular weight excluding hydrogens is 412 g/mol. The van der Waals surface area contributed by atoms with E-state index in [1.54, 1.807) is 18.5 Å². The standard InChI is InChI=1S/C24H26N2O4S/c1-3-31(28,29)23-11-16-10-22(30-14-15-8-9-15)19(12-21(16)25-23)20-13-26(2)24(27)18-7-5-4-6-17(18)20/h4-7,10,12-13,15,23,25H,3,8-9,11,14H2,1-2H3. The maximum absolute atomic E-state index is 12.6. The van der Waals surface area contributed by atoms with Crippen molar-refractivity contribution < 1.29 is 13.2 Å².